The van der Waals surface area contributed by atoms with Gasteiger partial charge in [-0.25, -0.2) is 4.79 Å². The first kappa shape index (κ1) is 15.9. The first-order valence-electron chi connectivity index (χ1n) is 6.62. The molecule has 110 valence electrons. The molecular weight excluding hydrogens is 248 g/mol. The number of methoxy groups -OCH3 is 1. The lowest BCUT2D eigenvalue weighted by atomic mass is 10.2. The van der Waals surface area contributed by atoms with Crippen LogP contribution in [0.25, 0.3) is 0 Å². The monoisotopic (exact) mass is 272 g/mol. The van der Waals surface area contributed by atoms with Crippen LogP contribution in [0.1, 0.15) is 12.8 Å². The lowest BCUT2D eigenvalue weighted by Gasteiger charge is -2.24. The molecule has 0 bridgehead atoms. The molecule has 1 unspecified atom stereocenters. The van der Waals surface area contributed by atoms with Crippen molar-refractivity contribution < 1.29 is 14.3 Å². The third kappa shape index (κ3) is 6.51. The minimum atomic E-state index is -0.476. The molecule has 0 aromatic heterocycles. The van der Waals surface area contributed by atoms with Crippen molar-refractivity contribution in [1.82, 2.24) is 20.9 Å². The summed E-state index contributed by atoms with van der Waals surface area (Å²) in [7, 11) is 3.12. The van der Waals surface area contributed by atoms with E-state index in [1.54, 1.807) is 7.11 Å². The number of amides is 3. The molecule has 19 heavy (non-hydrogen) atoms. The van der Waals surface area contributed by atoms with Crippen molar-refractivity contribution >= 4 is 11.9 Å². The average molecular weight is 272 g/mol. The van der Waals surface area contributed by atoms with Gasteiger partial charge in [0.1, 0.15) is 0 Å². The highest BCUT2D eigenvalue weighted by Gasteiger charge is 2.20. The van der Waals surface area contributed by atoms with Gasteiger partial charge in [-0.1, -0.05) is 0 Å². The zero-order chi connectivity index (χ0) is 14.1. The largest absolute Gasteiger partial charge is 0.383 e. The normalized spacial score (nSPS) is 18.6. The number of urea groups is 1. The van der Waals surface area contributed by atoms with Crippen molar-refractivity contribution in [2.45, 2.75) is 18.9 Å². The maximum absolute atomic E-state index is 11.7. The van der Waals surface area contributed by atoms with Crippen molar-refractivity contribution in [3.8, 4) is 0 Å². The van der Waals surface area contributed by atoms with Crippen LogP contribution < -0.4 is 16.0 Å². The second kappa shape index (κ2) is 8.84. The zero-order valence-electron chi connectivity index (χ0n) is 11.7. The minimum Gasteiger partial charge on any atom is -0.383 e. The van der Waals surface area contributed by atoms with Crippen LogP contribution in [0.4, 0.5) is 4.79 Å². The highest BCUT2D eigenvalue weighted by atomic mass is 16.5. The molecule has 0 aromatic carbocycles. The van der Waals surface area contributed by atoms with Gasteiger partial charge in [-0.2, -0.15) is 0 Å². The number of ether oxygens (including phenoxy) is 1. The Labute approximate surface area is 114 Å². The van der Waals surface area contributed by atoms with Crippen LogP contribution in [0.5, 0.6) is 0 Å². The molecule has 1 fully saturated rings. The molecule has 1 aliphatic heterocycles. The first-order valence-corrected chi connectivity index (χ1v) is 6.62. The number of imide groups is 1. The lowest BCUT2D eigenvalue weighted by molar-refractivity contribution is -0.121. The van der Waals surface area contributed by atoms with E-state index >= 15 is 0 Å². The Morgan fingerprint density at radius 2 is 2.26 bits per heavy atom. The lowest BCUT2D eigenvalue weighted by Crippen LogP contribution is -2.47. The molecule has 0 aliphatic carbocycles. The minimum absolute atomic E-state index is 0.203. The predicted molar refractivity (Wildman–Crippen MR) is 71.9 cm³/mol. The second-order valence-electron chi connectivity index (χ2n) is 4.65. The Bertz CT molecular complexity index is 293. The molecule has 1 atom stereocenters. The van der Waals surface area contributed by atoms with Gasteiger partial charge in [-0.3, -0.25) is 15.0 Å². The molecule has 3 amide bonds. The summed E-state index contributed by atoms with van der Waals surface area (Å²) in [6, 6.07) is -0.0552. The van der Waals surface area contributed by atoms with Gasteiger partial charge < -0.3 is 15.4 Å². The van der Waals surface area contributed by atoms with Crippen molar-refractivity contribution in [3.63, 3.8) is 0 Å². The van der Waals surface area contributed by atoms with Crippen molar-refractivity contribution in [3.05, 3.63) is 0 Å². The number of rotatable bonds is 7. The Morgan fingerprint density at radius 1 is 1.47 bits per heavy atom. The van der Waals surface area contributed by atoms with Gasteiger partial charge in [0.15, 0.2) is 0 Å². The summed E-state index contributed by atoms with van der Waals surface area (Å²) in [6.07, 6.45) is 2.30. The Hall–Kier alpha value is -1.18. The SMILES string of the molecule is CNC(=O)NC(=O)CN(CCOC)CC1CCCN1. The quantitative estimate of drug-likeness (QED) is 0.562. The van der Waals surface area contributed by atoms with Crippen molar-refractivity contribution in [2.75, 3.05) is 46.9 Å². The van der Waals surface area contributed by atoms with Crippen LogP contribution in [0, 0.1) is 0 Å². The van der Waals surface area contributed by atoms with Crippen molar-refractivity contribution in [1.29, 1.82) is 0 Å². The number of carbonyl (C=O) groups excluding carboxylic acids is 2. The fraction of sp³-hybridized carbons (Fsp3) is 0.833. The van der Waals surface area contributed by atoms with Crippen LogP contribution in [0.2, 0.25) is 0 Å². The standard InChI is InChI=1S/C12H24N4O3/c1-13-12(18)15-11(17)9-16(6-7-19-2)8-10-4-3-5-14-10/h10,14H,3-9H2,1-2H3,(H2,13,15,17,18). The third-order valence-corrected chi connectivity index (χ3v) is 3.10. The maximum atomic E-state index is 11.7. The van der Waals surface area contributed by atoms with Gasteiger partial charge >= 0.3 is 6.03 Å². The van der Waals surface area contributed by atoms with E-state index in [9.17, 15) is 9.59 Å². The summed E-state index contributed by atoms with van der Waals surface area (Å²) in [5.74, 6) is -0.298. The van der Waals surface area contributed by atoms with Crippen LogP contribution in [0.15, 0.2) is 0 Å². The van der Waals surface area contributed by atoms with Crippen LogP contribution in [0.3, 0.4) is 0 Å². The van der Waals surface area contributed by atoms with Gasteiger partial charge in [0.25, 0.3) is 0 Å². The average Bonchev–Trinajstić information content (AvgIpc) is 2.88. The number of nitrogens with zero attached hydrogens (tertiary/aromatic N) is 1. The Morgan fingerprint density at radius 3 is 2.84 bits per heavy atom. The maximum Gasteiger partial charge on any atom is 0.321 e. The summed E-state index contributed by atoms with van der Waals surface area (Å²) >= 11 is 0. The molecule has 3 N–H and O–H groups in total. The van der Waals surface area contributed by atoms with E-state index in [-0.39, 0.29) is 12.5 Å². The molecule has 1 heterocycles. The van der Waals surface area contributed by atoms with Gasteiger partial charge in [0.05, 0.1) is 13.2 Å². The van der Waals surface area contributed by atoms with E-state index in [4.69, 9.17) is 4.74 Å². The van der Waals surface area contributed by atoms with Gasteiger partial charge in [0.2, 0.25) is 5.91 Å². The molecule has 1 rings (SSSR count). The smallest absolute Gasteiger partial charge is 0.321 e. The Kier molecular flexibility index (Phi) is 7.39. The van der Waals surface area contributed by atoms with Gasteiger partial charge in [-0.05, 0) is 19.4 Å². The summed E-state index contributed by atoms with van der Waals surface area (Å²) in [5.41, 5.74) is 0. The topological polar surface area (TPSA) is 82.7 Å². The van der Waals surface area contributed by atoms with E-state index in [2.05, 4.69) is 16.0 Å². The number of carbonyl (C=O) groups is 2. The number of hydrogen-bond donors (Lipinski definition) is 3. The summed E-state index contributed by atoms with van der Waals surface area (Å²) in [6.45, 7) is 3.28. The molecule has 0 radical (unpaired) electrons. The fourth-order valence-corrected chi connectivity index (χ4v) is 2.11. The fourth-order valence-electron chi connectivity index (χ4n) is 2.11. The van der Waals surface area contributed by atoms with E-state index in [0.717, 1.165) is 19.5 Å². The molecule has 0 aromatic rings. The number of hydrogen-bond acceptors (Lipinski definition) is 5. The van der Waals surface area contributed by atoms with Crippen molar-refractivity contribution in [2.24, 2.45) is 0 Å². The summed E-state index contributed by atoms with van der Waals surface area (Å²) in [4.78, 5) is 24.8. The first-order chi connectivity index (χ1) is 9.15. The summed E-state index contributed by atoms with van der Waals surface area (Å²) in [5, 5.41) is 8.02. The van der Waals surface area contributed by atoms with Gasteiger partial charge in [0, 0.05) is 33.3 Å². The molecule has 0 spiro atoms. The highest BCUT2D eigenvalue weighted by Crippen LogP contribution is 2.06. The predicted octanol–water partition coefficient (Wildman–Crippen LogP) is -0.858. The van der Waals surface area contributed by atoms with E-state index < -0.39 is 6.03 Å². The highest BCUT2D eigenvalue weighted by molar-refractivity contribution is 5.95. The second-order valence-corrected chi connectivity index (χ2v) is 4.65. The molecule has 1 saturated heterocycles. The van der Waals surface area contributed by atoms with Crippen LogP contribution >= 0.6 is 0 Å². The molecule has 1 aliphatic rings. The Balaban J connectivity index is 2.38. The third-order valence-electron chi connectivity index (χ3n) is 3.10. The molecular formula is C12H24N4O3. The van der Waals surface area contributed by atoms with E-state index in [1.165, 1.54) is 13.5 Å². The van der Waals surface area contributed by atoms with Crippen LogP contribution in [-0.4, -0.2) is 69.8 Å². The van der Waals surface area contributed by atoms with Crippen LogP contribution in [-0.2, 0) is 9.53 Å². The summed E-state index contributed by atoms with van der Waals surface area (Å²) < 4.78 is 5.05. The van der Waals surface area contributed by atoms with E-state index in [1.807, 2.05) is 4.90 Å². The molecule has 7 heteroatoms. The molecule has 0 saturated carbocycles. The van der Waals surface area contributed by atoms with E-state index in [0.29, 0.717) is 19.2 Å². The number of nitrogens with one attached hydrogen (secondary N) is 3. The van der Waals surface area contributed by atoms with Gasteiger partial charge in [-0.15, -0.1) is 0 Å². The molecule has 7 nitrogen and oxygen atoms in total. The zero-order valence-corrected chi connectivity index (χ0v) is 11.7.